The Balaban J connectivity index is 1.39. The van der Waals surface area contributed by atoms with Crippen LogP contribution in [0.3, 0.4) is 0 Å². The van der Waals surface area contributed by atoms with Crippen molar-refractivity contribution >= 4 is 17.5 Å². The highest BCUT2D eigenvalue weighted by Crippen LogP contribution is 2.70. The summed E-state index contributed by atoms with van der Waals surface area (Å²) in [6.07, 6.45) is 5.43. The Kier molecular flexibility index (Phi) is 3.24. The van der Waals surface area contributed by atoms with E-state index in [2.05, 4.69) is 55.4 Å². The number of piperazine rings is 1. The number of amides is 2. The molecule has 2 bridgehead atoms. The van der Waals surface area contributed by atoms with Crippen LogP contribution in [0.1, 0.15) is 70.9 Å². The van der Waals surface area contributed by atoms with Gasteiger partial charge in [-0.05, 0) is 81.9 Å². The molecule has 2 amide bonds. The fourth-order valence-corrected chi connectivity index (χ4v) is 8.77. The van der Waals surface area contributed by atoms with Crippen LogP contribution in [-0.2, 0) is 21.4 Å². The molecule has 5 fully saturated rings. The Bertz CT molecular complexity index is 1110. The summed E-state index contributed by atoms with van der Waals surface area (Å²) < 4.78 is 6.27. The molecule has 1 aromatic carbocycles. The minimum atomic E-state index is -0.631. The smallest absolute Gasteiger partial charge is 0.241 e. The van der Waals surface area contributed by atoms with Crippen LogP contribution in [0.15, 0.2) is 12.1 Å². The van der Waals surface area contributed by atoms with Gasteiger partial charge < -0.3 is 15.4 Å². The van der Waals surface area contributed by atoms with E-state index in [1.807, 2.05) is 0 Å². The third-order valence-electron chi connectivity index (χ3n) is 10.4. The average molecular weight is 436 g/mol. The molecule has 4 saturated heterocycles. The average Bonchev–Trinajstić information content (AvgIpc) is 3.31. The van der Waals surface area contributed by atoms with Gasteiger partial charge in [-0.25, -0.2) is 0 Å². The molecule has 6 heteroatoms. The number of ether oxygens (including phenoxy) is 1. The van der Waals surface area contributed by atoms with Gasteiger partial charge in [0.05, 0.1) is 16.6 Å². The Hall–Kier alpha value is -2.08. The van der Waals surface area contributed by atoms with E-state index in [0.717, 1.165) is 67.8 Å². The van der Waals surface area contributed by atoms with Gasteiger partial charge in [0, 0.05) is 12.1 Å². The third kappa shape index (κ3) is 1.91. The molecule has 1 aromatic rings. The van der Waals surface area contributed by atoms with Crippen molar-refractivity contribution in [2.45, 2.75) is 88.3 Å². The number of nitrogens with one attached hydrogen (secondary N) is 2. The lowest BCUT2D eigenvalue weighted by atomic mass is 9.57. The first kappa shape index (κ1) is 19.4. The summed E-state index contributed by atoms with van der Waals surface area (Å²) in [5.74, 6) is 1.49. The van der Waals surface area contributed by atoms with Crippen LogP contribution >= 0.6 is 0 Å². The minimum absolute atomic E-state index is 0.106. The first-order chi connectivity index (χ1) is 15.0. The van der Waals surface area contributed by atoms with Crippen LogP contribution in [0.25, 0.3) is 0 Å². The van der Waals surface area contributed by atoms with Gasteiger partial charge in [0.2, 0.25) is 11.8 Å². The summed E-state index contributed by atoms with van der Waals surface area (Å²) >= 11 is 0. The molecule has 3 spiro atoms. The second-order valence-corrected chi connectivity index (χ2v) is 12.5. The Morgan fingerprint density at radius 2 is 1.91 bits per heavy atom. The maximum Gasteiger partial charge on any atom is 0.241 e. The van der Waals surface area contributed by atoms with Crippen molar-refractivity contribution in [3.05, 3.63) is 23.3 Å². The summed E-state index contributed by atoms with van der Waals surface area (Å²) in [5.41, 5.74) is 1.47. The van der Waals surface area contributed by atoms with Gasteiger partial charge in [0.15, 0.2) is 0 Å². The predicted molar refractivity (Wildman–Crippen MR) is 121 cm³/mol. The molecule has 6 aliphatic heterocycles. The molecular formula is C26H33N3O3. The molecule has 4 atom stereocenters. The zero-order chi connectivity index (χ0) is 22.3. The second kappa shape index (κ2) is 5.35. The molecule has 6 heterocycles. The number of rotatable bonds is 0. The van der Waals surface area contributed by atoms with Crippen molar-refractivity contribution in [1.82, 2.24) is 10.2 Å². The number of hydrogen-bond acceptors (Lipinski definition) is 4. The van der Waals surface area contributed by atoms with Crippen LogP contribution in [-0.4, -0.2) is 46.5 Å². The monoisotopic (exact) mass is 435 g/mol. The van der Waals surface area contributed by atoms with Gasteiger partial charge in [-0.15, -0.1) is 0 Å². The second-order valence-electron chi connectivity index (χ2n) is 12.5. The molecular weight excluding hydrogens is 402 g/mol. The Morgan fingerprint density at radius 1 is 1.09 bits per heavy atom. The summed E-state index contributed by atoms with van der Waals surface area (Å²) in [7, 11) is 0. The van der Waals surface area contributed by atoms with E-state index in [0.29, 0.717) is 6.42 Å². The van der Waals surface area contributed by atoms with Crippen molar-refractivity contribution in [2.24, 2.45) is 11.3 Å². The third-order valence-corrected chi connectivity index (χ3v) is 10.4. The maximum absolute atomic E-state index is 13.9. The van der Waals surface area contributed by atoms with Crippen molar-refractivity contribution in [3.8, 4) is 5.75 Å². The van der Waals surface area contributed by atoms with E-state index in [-0.39, 0.29) is 39.8 Å². The van der Waals surface area contributed by atoms with E-state index >= 15 is 0 Å². The standard InChI is InChI=1S/C26H33N3O3/c1-22(2)10-8-15-17(32-22)7-6-16-19(15)27-21(31)26(16)13-24-14-29-11-5-9-25(29,20(30)28-24)12-18(24)23(26,3)4/h6-7,18H,5,8-14H2,1-4H3,(H,27,31)(H,28,30)/t18-,24+,25?,26?/m0/s1. The number of carbonyl (C=O) groups excluding carboxylic acids is 2. The topological polar surface area (TPSA) is 70.7 Å². The van der Waals surface area contributed by atoms with Crippen molar-refractivity contribution in [2.75, 3.05) is 18.4 Å². The number of fused-ring (bicyclic) bond motifs is 5. The lowest BCUT2D eigenvalue weighted by molar-refractivity contribution is -0.156. The molecule has 8 rings (SSSR count). The molecule has 0 aromatic heterocycles. The maximum atomic E-state index is 13.9. The van der Waals surface area contributed by atoms with Crippen LogP contribution in [0.4, 0.5) is 5.69 Å². The van der Waals surface area contributed by atoms with E-state index in [1.54, 1.807) is 0 Å². The molecule has 1 aliphatic carbocycles. The van der Waals surface area contributed by atoms with Gasteiger partial charge in [-0.1, -0.05) is 19.9 Å². The van der Waals surface area contributed by atoms with Crippen LogP contribution in [0.2, 0.25) is 0 Å². The van der Waals surface area contributed by atoms with Crippen molar-refractivity contribution < 1.29 is 14.3 Å². The summed E-state index contributed by atoms with van der Waals surface area (Å²) in [5, 5.41) is 6.82. The minimum Gasteiger partial charge on any atom is -0.487 e. The highest BCUT2D eigenvalue weighted by molar-refractivity contribution is 6.09. The Labute approximate surface area is 189 Å². The number of piperidine rings is 2. The SMILES string of the molecule is CC1(C)CCc2c(ccc3c2NC(=O)C32C[C@@]34CN5CCCC5(C[C@H]3C2(C)C)C(=O)N4)O1. The fourth-order valence-electron chi connectivity index (χ4n) is 8.77. The highest BCUT2D eigenvalue weighted by atomic mass is 16.5. The van der Waals surface area contributed by atoms with E-state index in [9.17, 15) is 9.59 Å². The van der Waals surface area contributed by atoms with Crippen molar-refractivity contribution in [3.63, 3.8) is 0 Å². The van der Waals surface area contributed by atoms with Crippen LogP contribution < -0.4 is 15.4 Å². The first-order valence-electron chi connectivity index (χ1n) is 12.3. The molecule has 32 heavy (non-hydrogen) atoms. The predicted octanol–water partition coefficient (Wildman–Crippen LogP) is 3.13. The molecule has 0 radical (unpaired) electrons. The van der Waals surface area contributed by atoms with Gasteiger partial charge in [0.1, 0.15) is 16.9 Å². The molecule has 6 nitrogen and oxygen atoms in total. The summed E-state index contributed by atoms with van der Waals surface area (Å²) in [6, 6.07) is 4.22. The van der Waals surface area contributed by atoms with Gasteiger partial charge >= 0.3 is 0 Å². The largest absolute Gasteiger partial charge is 0.487 e. The normalized spacial score (nSPS) is 42.1. The molecule has 170 valence electrons. The number of anilines is 1. The zero-order valence-electron chi connectivity index (χ0n) is 19.6. The lowest BCUT2D eigenvalue weighted by Crippen LogP contribution is -2.78. The van der Waals surface area contributed by atoms with E-state index < -0.39 is 5.41 Å². The first-order valence-corrected chi connectivity index (χ1v) is 12.3. The van der Waals surface area contributed by atoms with E-state index in [1.165, 1.54) is 0 Å². The summed E-state index contributed by atoms with van der Waals surface area (Å²) in [6.45, 7) is 10.7. The number of nitrogens with zero attached hydrogens (tertiary/aromatic N) is 1. The van der Waals surface area contributed by atoms with Crippen molar-refractivity contribution in [1.29, 1.82) is 0 Å². The summed E-state index contributed by atoms with van der Waals surface area (Å²) in [4.78, 5) is 29.7. The number of carbonyl (C=O) groups is 2. The van der Waals surface area contributed by atoms with Crippen LogP contribution in [0.5, 0.6) is 5.75 Å². The molecule has 7 aliphatic rings. The molecule has 1 saturated carbocycles. The fraction of sp³-hybridized carbons (Fsp3) is 0.692. The van der Waals surface area contributed by atoms with Gasteiger partial charge in [0.25, 0.3) is 0 Å². The highest BCUT2D eigenvalue weighted by Gasteiger charge is 2.77. The number of benzene rings is 1. The van der Waals surface area contributed by atoms with Gasteiger partial charge in [-0.2, -0.15) is 0 Å². The van der Waals surface area contributed by atoms with E-state index in [4.69, 9.17) is 4.74 Å². The molecule has 2 unspecified atom stereocenters. The quantitative estimate of drug-likeness (QED) is 0.657. The molecule has 2 N–H and O–H groups in total. The zero-order valence-corrected chi connectivity index (χ0v) is 19.6. The van der Waals surface area contributed by atoms with Crippen LogP contribution in [0, 0.1) is 11.3 Å². The number of hydrogen-bond donors (Lipinski definition) is 2. The van der Waals surface area contributed by atoms with Gasteiger partial charge in [-0.3, -0.25) is 14.5 Å². The lowest BCUT2D eigenvalue weighted by Gasteiger charge is -2.60. The Morgan fingerprint density at radius 3 is 2.72 bits per heavy atom.